The van der Waals surface area contributed by atoms with Crippen LogP contribution in [0.1, 0.15) is 11.1 Å². The van der Waals surface area contributed by atoms with Gasteiger partial charge in [-0.15, -0.1) is 0 Å². The van der Waals surface area contributed by atoms with Crippen molar-refractivity contribution in [2.75, 3.05) is 5.73 Å². The fourth-order valence-electron chi connectivity index (χ4n) is 1.69. The third kappa shape index (κ3) is 3.56. The second-order valence-electron chi connectivity index (χ2n) is 4.57. The Bertz CT molecular complexity index is 736. The van der Waals surface area contributed by atoms with Gasteiger partial charge in [0, 0.05) is 17.8 Å². The molecule has 2 rings (SSSR count). The van der Waals surface area contributed by atoms with Crippen molar-refractivity contribution < 1.29 is 17.2 Å². The molecule has 112 valence electrons. The molecule has 4 nitrogen and oxygen atoms in total. The Hall–Kier alpha value is -1.99. The van der Waals surface area contributed by atoms with Crippen molar-refractivity contribution >= 4 is 15.7 Å². The standard InChI is InChI=1S/C14H14F2N2O2S/c1-9-13(16)6-12(7-14(9)17)21(19,20)18-8-10-2-4-11(15)5-3-10/h2-7,18H,8,17H2,1H3. The normalized spacial score (nSPS) is 11.6. The molecule has 0 aliphatic carbocycles. The van der Waals surface area contributed by atoms with Gasteiger partial charge in [-0.05, 0) is 36.8 Å². The summed E-state index contributed by atoms with van der Waals surface area (Å²) < 4.78 is 52.8. The molecule has 0 aliphatic rings. The predicted molar refractivity (Wildman–Crippen MR) is 76.0 cm³/mol. The van der Waals surface area contributed by atoms with Gasteiger partial charge in [-0.3, -0.25) is 0 Å². The van der Waals surface area contributed by atoms with Gasteiger partial charge < -0.3 is 5.73 Å². The molecular weight excluding hydrogens is 298 g/mol. The first-order valence-corrected chi connectivity index (χ1v) is 7.57. The lowest BCUT2D eigenvalue weighted by Crippen LogP contribution is -2.23. The van der Waals surface area contributed by atoms with Crippen molar-refractivity contribution in [2.24, 2.45) is 0 Å². The molecule has 0 aromatic heterocycles. The molecule has 2 aromatic rings. The van der Waals surface area contributed by atoms with E-state index >= 15 is 0 Å². The second-order valence-corrected chi connectivity index (χ2v) is 6.34. The Morgan fingerprint density at radius 2 is 1.76 bits per heavy atom. The maximum Gasteiger partial charge on any atom is 0.241 e. The average molecular weight is 312 g/mol. The van der Waals surface area contributed by atoms with E-state index in [0.29, 0.717) is 5.56 Å². The van der Waals surface area contributed by atoms with E-state index in [0.717, 1.165) is 6.07 Å². The lowest BCUT2D eigenvalue weighted by Gasteiger charge is -2.09. The molecule has 21 heavy (non-hydrogen) atoms. The van der Waals surface area contributed by atoms with Crippen LogP contribution in [0, 0.1) is 18.6 Å². The summed E-state index contributed by atoms with van der Waals surface area (Å²) >= 11 is 0. The number of nitrogens with one attached hydrogen (secondary N) is 1. The second kappa shape index (κ2) is 5.79. The minimum atomic E-state index is -3.89. The number of rotatable bonds is 4. The van der Waals surface area contributed by atoms with Crippen LogP contribution in [0.25, 0.3) is 0 Å². The molecule has 7 heteroatoms. The molecule has 0 atom stereocenters. The van der Waals surface area contributed by atoms with Crippen LogP contribution in [-0.2, 0) is 16.6 Å². The van der Waals surface area contributed by atoms with Gasteiger partial charge in [0.2, 0.25) is 10.0 Å². The van der Waals surface area contributed by atoms with Crippen LogP contribution in [0.4, 0.5) is 14.5 Å². The summed E-state index contributed by atoms with van der Waals surface area (Å²) in [6.45, 7) is 1.44. The molecule has 0 spiro atoms. The fourth-order valence-corrected chi connectivity index (χ4v) is 2.76. The van der Waals surface area contributed by atoms with Gasteiger partial charge in [-0.25, -0.2) is 21.9 Å². The Labute approximate surface area is 121 Å². The molecule has 0 fully saturated rings. The topological polar surface area (TPSA) is 72.2 Å². The molecular formula is C14H14F2N2O2S. The maximum atomic E-state index is 13.6. The van der Waals surface area contributed by atoms with Crippen molar-refractivity contribution in [3.8, 4) is 0 Å². The summed E-state index contributed by atoms with van der Waals surface area (Å²) in [6, 6.07) is 7.49. The highest BCUT2D eigenvalue weighted by Gasteiger charge is 2.17. The number of hydrogen-bond acceptors (Lipinski definition) is 3. The van der Waals surface area contributed by atoms with Crippen molar-refractivity contribution in [1.29, 1.82) is 0 Å². The summed E-state index contributed by atoms with van der Waals surface area (Å²) in [5, 5.41) is 0. The molecule has 0 aliphatic heterocycles. The van der Waals surface area contributed by atoms with Gasteiger partial charge in [0.1, 0.15) is 11.6 Å². The maximum absolute atomic E-state index is 13.6. The van der Waals surface area contributed by atoms with Crippen LogP contribution in [0.15, 0.2) is 41.3 Å². The number of hydrogen-bond donors (Lipinski definition) is 2. The van der Waals surface area contributed by atoms with E-state index in [-0.39, 0.29) is 22.7 Å². The zero-order valence-electron chi connectivity index (χ0n) is 11.2. The van der Waals surface area contributed by atoms with Crippen LogP contribution in [0.5, 0.6) is 0 Å². The van der Waals surface area contributed by atoms with Crippen molar-refractivity contribution in [2.45, 2.75) is 18.4 Å². The Morgan fingerprint density at radius 3 is 2.33 bits per heavy atom. The van der Waals surface area contributed by atoms with Crippen LogP contribution in [0.2, 0.25) is 0 Å². The summed E-state index contributed by atoms with van der Waals surface area (Å²) in [6.07, 6.45) is 0. The molecule has 0 bridgehead atoms. The molecule has 2 aromatic carbocycles. The van der Waals surface area contributed by atoms with Gasteiger partial charge in [0.15, 0.2) is 0 Å². The third-order valence-electron chi connectivity index (χ3n) is 3.05. The zero-order valence-corrected chi connectivity index (χ0v) is 12.0. The van der Waals surface area contributed by atoms with Crippen molar-refractivity contribution in [3.63, 3.8) is 0 Å². The van der Waals surface area contributed by atoms with E-state index in [1.807, 2.05) is 0 Å². The number of halogens is 2. The number of anilines is 1. The highest BCUT2D eigenvalue weighted by molar-refractivity contribution is 7.89. The van der Waals surface area contributed by atoms with Crippen LogP contribution < -0.4 is 10.5 Å². The third-order valence-corrected chi connectivity index (χ3v) is 4.43. The van der Waals surface area contributed by atoms with E-state index in [9.17, 15) is 17.2 Å². The molecule has 0 saturated heterocycles. The Morgan fingerprint density at radius 1 is 1.14 bits per heavy atom. The summed E-state index contributed by atoms with van der Waals surface area (Å²) in [7, 11) is -3.89. The Kier molecular flexibility index (Phi) is 4.24. The molecule has 0 radical (unpaired) electrons. The Balaban J connectivity index is 2.20. The molecule has 0 heterocycles. The van der Waals surface area contributed by atoms with Crippen LogP contribution in [-0.4, -0.2) is 8.42 Å². The predicted octanol–water partition coefficient (Wildman–Crippen LogP) is 2.33. The molecule has 0 saturated carbocycles. The largest absolute Gasteiger partial charge is 0.398 e. The minimum Gasteiger partial charge on any atom is -0.398 e. The lowest BCUT2D eigenvalue weighted by atomic mass is 10.2. The van der Waals surface area contributed by atoms with E-state index in [1.54, 1.807) is 0 Å². The summed E-state index contributed by atoms with van der Waals surface area (Å²) in [5.74, 6) is -1.09. The zero-order chi connectivity index (χ0) is 15.6. The van der Waals surface area contributed by atoms with Gasteiger partial charge in [-0.2, -0.15) is 0 Å². The smallest absolute Gasteiger partial charge is 0.241 e. The number of nitrogen functional groups attached to an aromatic ring is 1. The van der Waals surface area contributed by atoms with Gasteiger partial charge >= 0.3 is 0 Å². The molecule has 0 amide bonds. The van der Waals surface area contributed by atoms with E-state index in [4.69, 9.17) is 5.73 Å². The van der Waals surface area contributed by atoms with E-state index < -0.39 is 21.7 Å². The molecule has 0 unspecified atom stereocenters. The fraction of sp³-hybridized carbons (Fsp3) is 0.143. The monoisotopic (exact) mass is 312 g/mol. The first-order valence-electron chi connectivity index (χ1n) is 6.09. The van der Waals surface area contributed by atoms with Gasteiger partial charge in [0.25, 0.3) is 0 Å². The number of nitrogens with two attached hydrogens (primary N) is 1. The highest BCUT2D eigenvalue weighted by Crippen LogP contribution is 2.21. The summed E-state index contributed by atoms with van der Waals surface area (Å²) in [4.78, 5) is -0.245. The SMILES string of the molecule is Cc1c(N)cc(S(=O)(=O)NCc2ccc(F)cc2)cc1F. The number of sulfonamides is 1. The van der Waals surface area contributed by atoms with Crippen LogP contribution in [0.3, 0.4) is 0 Å². The van der Waals surface area contributed by atoms with E-state index in [2.05, 4.69) is 4.72 Å². The quantitative estimate of drug-likeness (QED) is 0.851. The minimum absolute atomic E-state index is 0.0297. The number of benzene rings is 2. The van der Waals surface area contributed by atoms with Crippen molar-refractivity contribution in [3.05, 3.63) is 59.2 Å². The van der Waals surface area contributed by atoms with E-state index in [1.165, 1.54) is 37.3 Å². The van der Waals surface area contributed by atoms with Crippen molar-refractivity contribution in [1.82, 2.24) is 4.72 Å². The first-order chi connectivity index (χ1) is 9.79. The van der Waals surface area contributed by atoms with Crippen LogP contribution >= 0.6 is 0 Å². The van der Waals surface area contributed by atoms with Gasteiger partial charge in [-0.1, -0.05) is 12.1 Å². The van der Waals surface area contributed by atoms with Gasteiger partial charge in [0.05, 0.1) is 4.90 Å². The molecule has 3 N–H and O–H groups in total. The summed E-state index contributed by atoms with van der Waals surface area (Å²) in [5.41, 5.74) is 6.42. The lowest BCUT2D eigenvalue weighted by molar-refractivity contribution is 0.576. The average Bonchev–Trinajstić information content (AvgIpc) is 2.43. The first kappa shape index (κ1) is 15.4. The highest BCUT2D eigenvalue weighted by atomic mass is 32.2.